The number of aromatic amines is 1. The van der Waals surface area contributed by atoms with Crippen LogP contribution in [0.2, 0.25) is 0 Å². The van der Waals surface area contributed by atoms with Gasteiger partial charge in [-0.05, 0) is 30.5 Å². The van der Waals surface area contributed by atoms with E-state index in [0.29, 0.717) is 29.5 Å². The second-order valence-corrected chi connectivity index (χ2v) is 8.70. The maximum atomic E-state index is 14.2. The number of nitrogens with zero attached hydrogens (tertiary/aromatic N) is 3. The molecule has 10 heteroatoms. The molecule has 0 saturated carbocycles. The summed E-state index contributed by atoms with van der Waals surface area (Å²) < 4.78 is 27.4. The van der Waals surface area contributed by atoms with Crippen LogP contribution in [0.3, 0.4) is 0 Å². The Labute approximate surface area is 191 Å². The average molecular weight is 468 g/mol. The zero-order valence-corrected chi connectivity index (χ0v) is 18.2. The molecule has 1 aliphatic heterocycles. The molecule has 0 aliphatic carbocycles. The lowest BCUT2D eigenvalue weighted by Gasteiger charge is -2.23. The summed E-state index contributed by atoms with van der Waals surface area (Å²) in [5.74, 6) is -1.65. The Morgan fingerprint density at radius 2 is 2.00 bits per heavy atom. The number of benzene rings is 2. The summed E-state index contributed by atoms with van der Waals surface area (Å²) in [7, 11) is 0. The van der Waals surface area contributed by atoms with Crippen molar-refractivity contribution >= 4 is 32.7 Å². The predicted molar refractivity (Wildman–Crippen MR) is 122 cm³/mol. The van der Waals surface area contributed by atoms with Crippen molar-refractivity contribution in [3.8, 4) is 11.4 Å². The molecule has 2 aromatic heterocycles. The molecule has 4 aromatic rings. The molecule has 1 atom stereocenters. The van der Waals surface area contributed by atoms with E-state index in [-0.39, 0.29) is 22.8 Å². The smallest absolute Gasteiger partial charge is 0.278 e. The number of hydrogen-bond donors (Lipinski definition) is 2. The van der Waals surface area contributed by atoms with Gasteiger partial charge in [-0.2, -0.15) is 0 Å². The van der Waals surface area contributed by atoms with Crippen LogP contribution < -0.4 is 15.8 Å². The van der Waals surface area contributed by atoms with E-state index in [4.69, 9.17) is 0 Å². The highest BCUT2D eigenvalue weighted by molar-refractivity contribution is 7.21. The number of halogens is 2. The number of H-pyrrole nitrogens is 1. The fourth-order valence-corrected chi connectivity index (χ4v) is 4.94. The number of aromatic nitrogens is 3. The molecule has 0 radical (unpaired) electrons. The highest BCUT2D eigenvalue weighted by atomic mass is 32.1. The van der Waals surface area contributed by atoms with Crippen molar-refractivity contribution in [2.24, 2.45) is 0 Å². The van der Waals surface area contributed by atoms with Crippen LogP contribution in [0.1, 0.15) is 18.4 Å². The van der Waals surface area contributed by atoms with Crippen LogP contribution in [0.25, 0.3) is 21.7 Å². The number of carbonyl (C=O) groups is 1. The normalized spacial score (nSPS) is 15.8. The first kappa shape index (κ1) is 21.2. The molecule has 3 heterocycles. The molecule has 1 amide bonds. The van der Waals surface area contributed by atoms with Gasteiger partial charge in [0.05, 0.1) is 5.56 Å². The number of rotatable bonds is 5. The van der Waals surface area contributed by atoms with Crippen LogP contribution in [0.5, 0.6) is 0 Å². The summed E-state index contributed by atoms with van der Waals surface area (Å²) in [6.45, 7) is 1.05. The van der Waals surface area contributed by atoms with Crippen molar-refractivity contribution in [1.29, 1.82) is 0 Å². The maximum Gasteiger partial charge on any atom is 0.278 e. The van der Waals surface area contributed by atoms with Gasteiger partial charge in [0.1, 0.15) is 23.5 Å². The van der Waals surface area contributed by atoms with Crippen LogP contribution in [-0.4, -0.2) is 33.4 Å². The van der Waals surface area contributed by atoms with Gasteiger partial charge in [-0.3, -0.25) is 9.59 Å². The van der Waals surface area contributed by atoms with Gasteiger partial charge in [0.2, 0.25) is 5.91 Å². The van der Waals surface area contributed by atoms with E-state index < -0.39 is 23.2 Å². The third-order valence-corrected chi connectivity index (χ3v) is 6.54. The molecule has 1 saturated heterocycles. The van der Waals surface area contributed by atoms with Crippen LogP contribution in [-0.2, 0) is 11.3 Å². The van der Waals surface area contributed by atoms with E-state index in [2.05, 4.69) is 20.3 Å². The topological polar surface area (TPSA) is 91.0 Å². The zero-order chi connectivity index (χ0) is 22.9. The highest BCUT2D eigenvalue weighted by Gasteiger charge is 2.33. The van der Waals surface area contributed by atoms with Crippen LogP contribution in [0, 0.1) is 11.6 Å². The lowest BCUT2D eigenvalue weighted by atomic mass is 10.2. The van der Waals surface area contributed by atoms with Gasteiger partial charge in [0, 0.05) is 19.2 Å². The third-order valence-electron chi connectivity index (χ3n) is 5.56. The lowest BCUT2D eigenvalue weighted by molar-refractivity contribution is -0.122. The molecule has 1 fully saturated rings. The van der Waals surface area contributed by atoms with Gasteiger partial charge in [0.15, 0.2) is 15.5 Å². The molecular formula is C23H19F2N5O2S. The Morgan fingerprint density at radius 1 is 1.18 bits per heavy atom. The summed E-state index contributed by atoms with van der Waals surface area (Å²) in [5.41, 5.74) is 0.596. The largest absolute Gasteiger partial charge is 0.350 e. The number of carbonyl (C=O) groups excluding carboxylic acids is 1. The van der Waals surface area contributed by atoms with E-state index in [1.807, 2.05) is 35.2 Å². The van der Waals surface area contributed by atoms with Crippen LogP contribution >= 0.6 is 11.3 Å². The zero-order valence-electron chi connectivity index (χ0n) is 17.3. The molecule has 2 aromatic carbocycles. The Hall–Kier alpha value is -3.66. The number of nitrogens with one attached hydrogen (secondary N) is 2. The first-order valence-electron chi connectivity index (χ1n) is 10.4. The van der Waals surface area contributed by atoms with Crippen molar-refractivity contribution in [2.45, 2.75) is 25.4 Å². The first-order valence-corrected chi connectivity index (χ1v) is 11.3. The predicted octanol–water partition coefficient (Wildman–Crippen LogP) is 3.61. The Morgan fingerprint density at radius 3 is 2.79 bits per heavy atom. The summed E-state index contributed by atoms with van der Waals surface area (Å²) >= 11 is 1.17. The second-order valence-electron chi connectivity index (χ2n) is 7.74. The average Bonchev–Trinajstić information content (AvgIpc) is 3.45. The van der Waals surface area contributed by atoms with Gasteiger partial charge in [-0.25, -0.2) is 18.7 Å². The minimum Gasteiger partial charge on any atom is -0.350 e. The van der Waals surface area contributed by atoms with E-state index in [1.54, 1.807) is 0 Å². The van der Waals surface area contributed by atoms with Crippen molar-refractivity contribution in [3.05, 3.63) is 76.1 Å². The maximum absolute atomic E-state index is 14.2. The second kappa shape index (κ2) is 8.70. The number of anilines is 1. The van der Waals surface area contributed by atoms with Gasteiger partial charge in [0.25, 0.3) is 5.56 Å². The molecule has 168 valence electrons. The van der Waals surface area contributed by atoms with E-state index in [9.17, 15) is 18.4 Å². The Bertz CT molecular complexity index is 1390. The standard InChI is InChI=1S/C23H19F2N5O2S/c24-14-8-9-15(16(25)11-14)19-28-21(32)18-22(29-19)33-23(27-18)30-10-4-7-17(30)20(31)26-12-13-5-2-1-3-6-13/h1-3,5-6,8-9,11,17H,4,7,10,12H2,(H,26,31)(H,28,29,32)/t17-/m1/s1. The fourth-order valence-electron chi connectivity index (χ4n) is 3.92. The molecule has 33 heavy (non-hydrogen) atoms. The Kier molecular flexibility index (Phi) is 5.59. The lowest BCUT2D eigenvalue weighted by Crippen LogP contribution is -2.43. The van der Waals surface area contributed by atoms with Crippen molar-refractivity contribution in [3.63, 3.8) is 0 Å². The van der Waals surface area contributed by atoms with Crippen molar-refractivity contribution in [1.82, 2.24) is 20.3 Å². The summed E-state index contributed by atoms with van der Waals surface area (Å²) in [6, 6.07) is 12.3. The van der Waals surface area contributed by atoms with Crippen LogP contribution in [0.15, 0.2) is 53.3 Å². The molecule has 1 aliphatic rings. The molecule has 2 N–H and O–H groups in total. The number of hydrogen-bond acceptors (Lipinski definition) is 6. The number of fused-ring (bicyclic) bond motifs is 1. The fraction of sp³-hybridized carbons (Fsp3) is 0.217. The minimum absolute atomic E-state index is 0.00113. The molecule has 0 spiro atoms. The molecule has 0 bridgehead atoms. The quantitative estimate of drug-likeness (QED) is 0.468. The number of amides is 1. The number of thiazole rings is 1. The van der Waals surface area contributed by atoms with E-state index in [1.165, 1.54) is 17.4 Å². The molecule has 0 unspecified atom stereocenters. The molecule has 5 rings (SSSR count). The SMILES string of the molecule is O=C(NCc1ccccc1)[C@H]1CCCN1c1nc2c(=O)[nH]c(-c3ccc(F)cc3F)nc2s1. The highest BCUT2D eigenvalue weighted by Crippen LogP contribution is 2.32. The third kappa shape index (κ3) is 4.21. The van der Waals surface area contributed by atoms with Crippen LogP contribution in [0.4, 0.5) is 13.9 Å². The van der Waals surface area contributed by atoms with Gasteiger partial charge in [-0.1, -0.05) is 41.7 Å². The van der Waals surface area contributed by atoms with Crippen molar-refractivity contribution < 1.29 is 13.6 Å². The molecule has 7 nitrogen and oxygen atoms in total. The summed E-state index contributed by atoms with van der Waals surface area (Å²) in [6.07, 6.45) is 1.49. The monoisotopic (exact) mass is 467 g/mol. The minimum atomic E-state index is -0.822. The van der Waals surface area contributed by atoms with Gasteiger partial charge >= 0.3 is 0 Å². The van der Waals surface area contributed by atoms with Gasteiger partial charge < -0.3 is 15.2 Å². The van der Waals surface area contributed by atoms with E-state index in [0.717, 1.165) is 24.1 Å². The van der Waals surface area contributed by atoms with Gasteiger partial charge in [-0.15, -0.1) is 0 Å². The van der Waals surface area contributed by atoms with Crippen molar-refractivity contribution in [2.75, 3.05) is 11.4 Å². The summed E-state index contributed by atoms with van der Waals surface area (Å²) in [4.78, 5) is 39.0. The summed E-state index contributed by atoms with van der Waals surface area (Å²) in [5, 5.41) is 3.48. The Balaban J connectivity index is 1.41. The van der Waals surface area contributed by atoms with E-state index >= 15 is 0 Å². The first-order chi connectivity index (χ1) is 16.0. The molecular weight excluding hydrogens is 448 g/mol.